The van der Waals surface area contributed by atoms with Gasteiger partial charge in [0.2, 0.25) is 0 Å². The van der Waals surface area contributed by atoms with Crippen molar-refractivity contribution < 1.29 is 0 Å². The van der Waals surface area contributed by atoms with Crippen molar-refractivity contribution in [3.05, 3.63) is 62.8 Å². The van der Waals surface area contributed by atoms with E-state index in [1.807, 2.05) is 0 Å². The van der Waals surface area contributed by atoms with Crippen molar-refractivity contribution >= 4 is 0 Å². The third-order valence-corrected chi connectivity index (χ3v) is 4.61. The molecular weight excluding hydrogens is 286 g/mol. The lowest BCUT2D eigenvalue weighted by molar-refractivity contribution is 0.240. The predicted octanol–water partition coefficient (Wildman–Crippen LogP) is 3.01. The number of aromatic nitrogens is 2. The highest BCUT2D eigenvalue weighted by molar-refractivity contribution is 5.28. The Kier molecular flexibility index (Phi) is 4.62. The minimum Gasteiger partial charge on any atom is -0.310 e. The van der Waals surface area contributed by atoms with Crippen LogP contribution in [0, 0.1) is 0 Å². The molecule has 0 radical (unpaired) electrons. The molecule has 0 bridgehead atoms. The lowest BCUT2D eigenvalue weighted by Crippen LogP contribution is -2.36. The minimum atomic E-state index is 0.0344. The molecule has 0 amide bonds. The van der Waals surface area contributed by atoms with Gasteiger partial charge >= 0.3 is 0 Å². The van der Waals surface area contributed by atoms with Gasteiger partial charge < -0.3 is 4.98 Å². The van der Waals surface area contributed by atoms with E-state index >= 15 is 0 Å². The Morgan fingerprint density at radius 3 is 2.70 bits per heavy atom. The summed E-state index contributed by atoms with van der Waals surface area (Å²) in [7, 11) is 0. The Balaban J connectivity index is 1.82. The van der Waals surface area contributed by atoms with Crippen molar-refractivity contribution in [2.75, 3.05) is 6.54 Å². The van der Waals surface area contributed by atoms with Crippen LogP contribution in [0.1, 0.15) is 54.9 Å². The summed E-state index contributed by atoms with van der Waals surface area (Å²) in [5.41, 5.74) is 4.61. The van der Waals surface area contributed by atoms with Gasteiger partial charge in [-0.15, -0.1) is 0 Å². The number of nitrogens with zero attached hydrogens (tertiary/aromatic N) is 2. The van der Waals surface area contributed by atoms with Crippen molar-refractivity contribution in [2.24, 2.45) is 0 Å². The summed E-state index contributed by atoms with van der Waals surface area (Å²) < 4.78 is 0. The zero-order valence-corrected chi connectivity index (χ0v) is 14.2. The van der Waals surface area contributed by atoms with Gasteiger partial charge in [0.1, 0.15) is 5.82 Å². The number of rotatable bonds is 4. The first-order chi connectivity index (χ1) is 11.1. The van der Waals surface area contributed by atoms with E-state index in [1.54, 1.807) is 0 Å². The van der Waals surface area contributed by atoms with E-state index in [1.165, 1.54) is 11.1 Å². The molecule has 2 aromatic rings. The highest BCUT2D eigenvalue weighted by Gasteiger charge is 2.22. The molecule has 1 aromatic heterocycles. The predicted molar refractivity (Wildman–Crippen MR) is 92.6 cm³/mol. The van der Waals surface area contributed by atoms with E-state index in [4.69, 9.17) is 0 Å². The van der Waals surface area contributed by atoms with Gasteiger partial charge in [0.15, 0.2) is 0 Å². The van der Waals surface area contributed by atoms with Crippen LogP contribution < -0.4 is 5.56 Å². The summed E-state index contributed by atoms with van der Waals surface area (Å²) >= 11 is 0. The summed E-state index contributed by atoms with van der Waals surface area (Å²) in [6.45, 7) is 8.84. The quantitative estimate of drug-likeness (QED) is 0.944. The first-order valence-corrected chi connectivity index (χ1v) is 8.49. The van der Waals surface area contributed by atoms with Gasteiger partial charge in [0, 0.05) is 32.0 Å². The molecule has 3 rings (SSSR count). The average molecular weight is 311 g/mol. The molecule has 1 N–H and O–H groups in total. The van der Waals surface area contributed by atoms with E-state index in [9.17, 15) is 4.79 Å². The van der Waals surface area contributed by atoms with Gasteiger partial charge in [-0.05, 0) is 17.5 Å². The number of fused-ring (bicyclic) bond motifs is 1. The third-order valence-electron chi connectivity index (χ3n) is 4.61. The monoisotopic (exact) mass is 311 g/mol. The lowest BCUT2D eigenvalue weighted by atomic mass is 10.0. The summed E-state index contributed by atoms with van der Waals surface area (Å²) in [6, 6.07) is 8.57. The molecule has 0 saturated heterocycles. The zero-order chi connectivity index (χ0) is 16.4. The van der Waals surface area contributed by atoms with Crippen LogP contribution in [0.4, 0.5) is 0 Å². The molecule has 0 fully saturated rings. The van der Waals surface area contributed by atoms with Crippen molar-refractivity contribution in [1.29, 1.82) is 0 Å². The van der Waals surface area contributed by atoms with E-state index in [0.29, 0.717) is 6.54 Å². The van der Waals surface area contributed by atoms with Crippen LogP contribution in [0.15, 0.2) is 29.1 Å². The number of aryl methyl sites for hydroxylation is 1. The van der Waals surface area contributed by atoms with Crippen molar-refractivity contribution in [2.45, 2.75) is 52.6 Å². The van der Waals surface area contributed by atoms with Gasteiger partial charge in [-0.2, -0.15) is 0 Å². The fraction of sp³-hybridized carbons (Fsp3) is 0.474. The largest absolute Gasteiger partial charge is 0.310 e. The maximum absolute atomic E-state index is 12.4. The molecular formula is C19H25N3O. The van der Waals surface area contributed by atoms with Crippen LogP contribution in [-0.2, 0) is 25.9 Å². The molecule has 1 aromatic carbocycles. The van der Waals surface area contributed by atoms with Gasteiger partial charge in [-0.1, -0.05) is 45.0 Å². The molecule has 4 heteroatoms. The Labute approximate surface area is 137 Å². The summed E-state index contributed by atoms with van der Waals surface area (Å²) in [5, 5.41) is 0. The maximum atomic E-state index is 12.4. The van der Waals surface area contributed by atoms with Crippen molar-refractivity contribution in [1.82, 2.24) is 14.9 Å². The SMILES string of the molecule is CCc1ccccc1CN1CCc2nc(C(C)C)[nH]c(=O)c2C1. The van der Waals surface area contributed by atoms with Crippen LogP contribution >= 0.6 is 0 Å². The highest BCUT2D eigenvalue weighted by atomic mass is 16.1. The van der Waals surface area contributed by atoms with Crippen LogP contribution in [0.2, 0.25) is 0 Å². The highest BCUT2D eigenvalue weighted by Crippen LogP contribution is 2.19. The fourth-order valence-electron chi connectivity index (χ4n) is 3.21. The molecule has 0 spiro atoms. The Morgan fingerprint density at radius 1 is 1.26 bits per heavy atom. The lowest BCUT2D eigenvalue weighted by Gasteiger charge is -2.28. The Hall–Kier alpha value is -1.94. The molecule has 1 aliphatic heterocycles. The van der Waals surface area contributed by atoms with Gasteiger partial charge in [-0.3, -0.25) is 9.69 Å². The molecule has 2 heterocycles. The number of nitrogens with one attached hydrogen (secondary N) is 1. The van der Waals surface area contributed by atoms with Crippen LogP contribution in [0.25, 0.3) is 0 Å². The third kappa shape index (κ3) is 3.37. The van der Waals surface area contributed by atoms with Crippen LogP contribution in [0.5, 0.6) is 0 Å². The standard InChI is InChI=1S/C19H25N3O/c1-4-14-7-5-6-8-15(14)11-22-10-9-17-16(12-22)19(23)21-18(20-17)13(2)3/h5-8,13H,4,9-12H2,1-3H3,(H,20,21,23). The van der Waals surface area contributed by atoms with Gasteiger partial charge in [0.05, 0.1) is 11.3 Å². The van der Waals surface area contributed by atoms with E-state index < -0.39 is 0 Å². The van der Waals surface area contributed by atoms with Gasteiger partial charge in [0.25, 0.3) is 5.56 Å². The second-order valence-electron chi connectivity index (χ2n) is 6.61. The Morgan fingerprint density at radius 2 is 2.00 bits per heavy atom. The minimum absolute atomic E-state index is 0.0344. The molecule has 4 nitrogen and oxygen atoms in total. The first kappa shape index (κ1) is 15.9. The summed E-state index contributed by atoms with van der Waals surface area (Å²) in [4.78, 5) is 22.4. The number of hydrogen-bond donors (Lipinski definition) is 1. The maximum Gasteiger partial charge on any atom is 0.255 e. The Bertz CT molecular complexity index is 749. The fourth-order valence-corrected chi connectivity index (χ4v) is 3.21. The van der Waals surface area contributed by atoms with Crippen LogP contribution in [0.3, 0.4) is 0 Å². The zero-order valence-electron chi connectivity index (χ0n) is 14.2. The van der Waals surface area contributed by atoms with Crippen molar-refractivity contribution in [3.63, 3.8) is 0 Å². The number of aromatic amines is 1. The summed E-state index contributed by atoms with van der Waals surface area (Å²) in [5.74, 6) is 1.06. The second kappa shape index (κ2) is 6.67. The van der Waals surface area contributed by atoms with Gasteiger partial charge in [-0.25, -0.2) is 4.98 Å². The number of hydrogen-bond acceptors (Lipinski definition) is 3. The average Bonchev–Trinajstić information content (AvgIpc) is 2.55. The normalized spacial score (nSPS) is 15.0. The van der Waals surface area contributed by atoms with E-state index in [0.717, 1.165) is 43.0 Å². The second-order valence-corrected chi connectivity index (χ2v) is 6.61. The molecule has 23 heavy (non-hydrogen) atoms. The molecule has 0 unspecified atom stereocenters. The van der Waals surface area contributed by atoms with Crippen LogP contribution in [-0.4, -0.2) is 21.4 Å². The first-order valence-electron chi connectivity index (χ1n) is 8.49. The molecule has 0 aliphatic carbocycles. The molecule has 0 atom stereocenters. The summed E-state index contributed by atoms with van der Waals surface area (Å²) in [6.07, 6.45) is 1.90. The topological polar surface area (TPSA) is 49.0 Å². The molecule has 122 valence electrons. The molecule has 0 saturated carbocycles. The van der Waals surface area contributed by atoms with E-state index in [2.05, 4.69) is 59.9 Å². The van der Waals surface area contributed by atoms with E-state index in [-0.39, 0.29) is 11.5 Å². The number of H-pyrrole nitrogens is 1. The van der Waals surface area contributed by atoms with Crippen molar-refractivity contribution in [3.8, 4) is 0 Å². The smallest absolute Gasteiger partial charge is 0.255 e. The molecule has 1 aliphatic rings. The number of benzene rings is 1.